The lowest BCUT2D eigenvalue weighted by Crippen LogP contribution is -1.93. The van der Waals surface area contributed by atoms with Gasteiger partial charge in [-0.1, -0.05) is 6.07 Å². The van der Waals surface area contributed by atoms with E-state index in [1.165, 1.54) is 12.1 Å². The Bertz CT molecular complexity index is 866. The summed E-state index contributed by atoms with van der Waals surface area (Å²) in [7, 11) is 3.22. The molecular formula is C18H18ClNO4S. The van der Waals surface area contributed by atoms with Crippen molar-refractivity contribution in [1.29, 1.82) is 0 Å². The highest BCUT2D eigenvalue weighted by Crippen LogP contribution is 2.32. The van der Waals surface area contributed by atoms with Crippen molar-refractivity contribution in [3.05, 3.63) is 52.3 Å². The summed E-state index contributed by atoms with van der Waals surface area (Å²) >= 11 is 1.55. The number of aromatic nitrogens is 1. The topological polar surface area (TPSA) is 71.8 Å². The third kappa shape index (κ3) is 4.15. The van der Waals surface area contributed by atoms with Crippen LogP contribution in [-0.2, 0) is 6.42 Å². The molecule has 0 atom stereocenters. The number of hydrogen-bond acceptors (Lipinski definition) is 6. The predicted molar refractivity (Wildman–Crippen MR) is 100 cm³/mol. The van der Waals surface area contributed by atoms with Crippen LogP contribution in [0.25, 0.3) is 11.3 Å². The number of hydrogen-bond donors (Lipinski definition) is 2. The van der Waals surface area contributed by atoms with E-state index in [9.17, 15) is 10.2 Å². The minimum Gasteiger partial charge on any atom is -0.504 e. The molecule has 0 aliphatic rings. The Labute approximate surface area is 155 Å². The minimum atomic E-state index is -0.151. The molecule has 0 unspecified atom stereocenters. The zero-order valence-corrected chi connectivity index (χ0v) is 15.4. The normalized spacial score (nSPS) is 10.2. The van der Waals surface area contributed by atoms with Gasteiger partial charge in [0, 0.05) is 17.4 Å². The SMILES string of the molecule is COc1ccc(Cc2nc(-c3ccc(O)c(O)c3)cs2)cc1OC.Cl. The predicted octanol–water partition coefficient (Wildman–Crippen LogP) is 4.25. The highest BCUT2D eigenvalue weighted by Gasteiger charge is 2.10. The zero-order chi connectivity index (χ0) is 17.1. The Morgan fingerprint density at radius 2 is 1.72 bits per heavy atom. The zero-order valence-electron chi connectivity index (χ0n) is 13.7. The lowest BCUT2D eigenvalue weighted by atomic mass is 10.1. The number of phenols is 2. The van der Waals surface area contributed by atoms with Crippen molar-refractivity contribution in [3.8, 4) is 34.3 Å². The van der Waals surface area contributed by atoms with E-state index < -0.39 is 0 Å². The van der Waals surface area contributed by atoms with Crippen LogP contribution in [0.3, 0.4) is 0 Å². The van der Waals surface area contributed by atoms with Gasteiger partial charge in [-0.05, 0) is 35.9 Å². The minimum absolute atomic E-state index is 0. The Balaban J connectivity index is 0.00000225. The molecule has 0 radical (unpaired) electrons. The molecule has 2 N–H and O–H groups in total. The number of phenolic OH excluding ortho intramolecular Hbond substituents is 2. The average molecular weight is 380 g/mol. The Morgan fingerprint density at radius 3 is 2.40 bits per heavy atom. The van der Waals surface area contributed by atoms with Crippen LogP contribution in [0, 0.1) is 0 Å². The third-order valence-electron chi connectivity index (χ3n) is 3.63. The van der Waals surface area contributed by atoms with Gasteiger partial charge in [0.25, 0.3) is 0 Å². The first-order valence-electron chi connectivity index (χ1n) is 7.28. The summed E-state index contributed by atoms with van der Waals surface area (Å²) in [4.78, 5) is 4.60. The van der Waals surface area contributed by atoms with Gasteiger partial charge in [0.2, 0.25) is 0 Å². The van der Waals surface area contributed by atoms with Crippen LogP contribution < -0.4 is 9.47 Å². The second-order valence-electron chi connectivity index (χ2n) is 5.20. The maximum atomic E-state index is 9.61. The van der Waals surface area contributed by atoms with Crippen molar-refractivity contribution in [2.75, 3.05) is 14.2 Å². The second-order valence-corrected chi connectivity index (χ2v) is 6.14. The molecule has 0 aliphatic carbocycles. The summed E-state index contributed by atoms with van der Waals surface area (Å²) in [5, 5.41) is 21.9. The van der Waals surface area contributed by atoms with Gasteiger partial charge < -0.3 is 19.7 Å². The highest BCUT2D eigenvalue weighted by molar-refractivity contribution is 7.10. The standard InChI is InChI=1S/C18H17NO4S.ClH/c1-22-16-6-3-11(7-17(16)23-2)8-18-19-13(10-24-18)12-4-5-14(20)15(21)9-12;/h3-7,9-10,20-21H,8H2,1-2H3;1H. The summed E-state index contributed by atoms with van der Waals surface area (Å²) in [5.74, 6) is 1.09. The second kappa shape index (κ2) is 8.09. The van der Waals surface area contributed by atoms with Gasteiger partial charge in [0.1, 0.15) is 0 Å². The molecule has 2 aromatic carbocycles. The fourth-order valence-electron chi connectivity index (χ4n) is 2.37. The highest BCUT2D eigenvalue weighted by atomic mass is 35.5. The van der Waals surface area contributed by atoms with Crippen LogP contribution in [-0.4, -0.2) is 29.4 Å². The van der Waals surface area contributed by atoms with Gasteiger partial charge in [-0.15, -0.1) is 23.7 Å². The molecule has 25 heavy (non-hydrogen) atoms. The largest absolute Gasteiger partial charge is 0.504 e. The van der Waals surface area contributed by atoms with Crippen LogP contribution in [0.15, 0.2) is 41.8 Å². The Hall–Kier alpha value is -2.44. The van der Waals surface area contributed by atoms with E-state index in [-0.39, 0.29) is 23.9 Å². The molecule has 0 aliphatic heterocycles. The van der Waals surface area contributed by atoms with Crippen molar-refractivity contribution in [2.45, 2.75) is 6.42 Å². The number of thiazole rings is 1. The fraction of sp³-hybridized carbons (Fsp3) is 0.167. The van der Waals surface area contributed by atoms with Crippen LogP contribution in [0.2, 0.25) is 0 Å². The monoisotopic (exact) mass is 379 g/mol. The Kier molecular flexibility index (Phi) is 6.12. The summed E-state index contributed by atoms with van der Waals surface area (Å²) in [6, 6.07) is 10.5. The molecule has 132 valence electrons. The molecule has 3 rings (SSSR count). The number of benzene rings is 2. The van der Waals surface area contributed by atoms with Gasteiger partial charge in [0.15, 0.2) is 23.0 Å². The molecule has 3 aromatic rings. The van der Waals surface area contributed by atoms with Crippen LogP contribution in [0.4, 0.5) is 0 Å². The van der Waals surface area contributed by atoms with Gasteiger partial charge in [-0.2, -0.15) is 0 Å². The Morgan fingerprint density at radius 1 is 0.960 bits per heavy atom. The summed E-state index contributed by atoms with van der Waals surface area (Å²) in [6.07, 6.45) is 0.676. The number of methoxy groups -OCH3 is 2. The van der Waals surface area contributed by atoms with Crippen molar-refractivity contribution in [3.63, 3.8) is 0 Å². The molecule has 7 heteroatoms. The van der Waals surface area contributed by atoms with E-state index in [1.54, 1.807) is 31.6 Å². The van der Waals surface area contributed by atoms with Gasteiger partial charge >= 0.3 is 0 Å². The summed E-state index contributed by atoms with van der Waals surface area (Å²) < 4.78 is 10.6. The molecule has 0 fully saturated rings. The van der Waals surface area contributed by atoms with E-state index in [1.807, 2.05) is 23.6 Å². The van der Waals surface area contributed by atoms with Crippen LogP contribution >= 0.6 is 23.7 Å². The molecule has 0 spiro atoms. The first-order valence-corrected chi connectivity index (χ1v) is 8.16. The van der Waals surface area contributed by atoms with E-state index in [0.29, 0.717) is 17.9 Å². The van der Waals surface area contributed by atoms with E-state index in [2.05, 4.69) is 4.98 Å². The molecule has 0 bridgehead atoms. The average Bonchev–Trinajstić information content (AvgIpc) is 3.05. The lowest BCUT2D eigenvalue weighted by molar-refractivity contribution is 0.354. The van der Waals surface area contributed by atoms with Gasteiger partial charge in [-0.3, -0.25) is 0 Å². The van der Waals surface area contributed by atoms with Gasteiger partial charge in [0.05, 0.1) is 24.9 Å². The third-order valence-corrected chi connectivity index (χ3v) is 4.48. The maximum absolute atomic E-state index is 9.61. The molecular weight excluding hydrogens is 362 g/mol. The number of aromatic hydroxyl groups is 2. The number of rotatable bonds is 5. The van der Waals surface area contributed by atoms with E-state index >= 15 is 0 Å². The smallest absolute Gasteiger partial charge is 0.160 e. The van der Waals surface area contributed by atoms with Crippen molar-refractivity contribution in [2.24, 2.45) is 0 Å². The molecule has 0 saturated carbocycles. The molecule has 5 nitrogen and oxygen atoms in total. The first-order chi connectivity index (χ1) is 11.6. The van der Waals surface area contributed by atoms with Crippen molar-refractivity contribution in [1.82, 2.24) is 4.98 Å². The molecule has 1 heterocycles. The first kappa shape index (κ1) is 18.9. The maximum Gasteiger partial charge on any atom is 0.160 e. The fourth-order valence-corrected chi connectivity index (χ4v) is 3.21. The number of nitrogens with zero attached hydrogens (tertiary/aromatic N) is 1. The van der Waals surface area contributed by atoms with Crippen molar-refractivity contribution >= 4 is 23.7 Å². The van der Waals surface area contributed by atoms with Crippen molar-refractivity contribution < 1.29 is 19.7 Å². The van der Waals surface area contributed by atoms with E-state index in [0.717, 1.165) is 21.8 Å². The quantitative estimate of drug-likeness (QED) is 0.648. The summed E-state index contributed by atoms with van der Waals surface area (Å²) in [5.41, 5.74) is 2.60. The molecule has 0 saturated heterocycles. The van der Waals surface area contributed by atoms with Crippen LogP contribution in [0.5, 0.6) is 23.0 Å². The van der Waals surface area contributed by atoms with Gasteiger partial charge in [-0.25, -0.2) is 4.98 Å². The molecule has 0 amide bonds. The molecule has 1 aromatic heterocycles. The van der Waals surface area contributed by atoms with E-state index in [4.69, 9.17) is 9.47 Å². The van der Waals surface area contributed by atoms with Crippen LogP contribution in [0.1, 0.15) is 10.6 Å². The lowest BCUT2D eigenvalue weighted by Gasteiger charge is -2.08. The number of halogens is 1. The number of ether oxygens (including phenoxy) is 2. The summed E-state index contributed by atoms with van der Waals surface area (Å²) in [6.45, 7) is 0.